The van der Waals surface area contributed by atoms with Gasteiger partial charge >= 0.3 is 5.97 Å². The first kappa shape index (κ1) is 14.4. The highest BCUT2D eigenvalue weighted by Gasteiger charge is 2.30. The van der Waals surface area contributed by atoms with E-state index in [0.29, 0.717) is 13.2 Å². The maximum absolute atomic E-state index is 11.7. The van der Waals surface area contributed by atoms with E-state index in [-0.39, 0.29) is 24.7 Å². The number of carbonyl (C=O) groups excluding carboxylic acids is 1. The number of morpholine rings is 1. The normalized spacial score (nSPS) is 23.4. The maximum atomic E-state index is 11.7. The van der Waals surface area contributed by atoms with Crippen LogP contribution in [0.25, 0.3) is 0 Å². The van der Waals surface area contributed by atoms with E-state index >= 15 is 0 Å². The SMILES string of the molecule is CCCCC(C(=O)OC)N1CCOC(CO)C1. The largest absolute Gasteiger partial charge is 0.468 e. The minimum absolute atomic E-state index is 0.00182. The number of ether oxygens (including phenoxy) is 2. The fourth-order valence-corrected chi connectivity index (χ4v) is 2.12. The molecular formula is C12H23NO4. The molecule has 0 bridgehead atoms. The van der Waals surface area contributed by atoms with Crippen molar-refractivity contribution < 1.29 is 19.4 Å². The van der Waals surface area contributed by atoms with E-state index in [9.17, 15) is 4.79 Å². The highest BCUT2D eigenvalue weighted by Crippen LogP contribution is 2.15. The number of hydrogen-bond acceptors (Lipinski definition) is 5. The molecule has 17 heavy (non-hydrogen) atoms. The van der Waals surface area contributed by atoms with Crippen LogP contribution in [0.2, 0.25) is 0 Å². The summed E-state index contributed by atoms with van der Waals surface area (Å²) in [4.78, 5) is 13.8. The van der Waals surface area contributed by atoms with Crippen LogP contribution in [0, 0.1) is 0 Å². The van der Waals surface area contributed by atoms with Gasteiger partial charge in [-0.3, -0.25) is 9.69 Å². The molecule has 2 atom stereocenters. The summed E-state index contributed by atoms with van der Waals surface area (Å²) in [6.07, 6.45) is 2.68. The van der Waals surface area contributed by atoms with E-state index in [1.165, 1.54) is 7.11 Å². The van der Waals surface area contributed by atoms with Crippen LogP contribution in [0.4, 0.5) is 0 Å². The van der Waals surface area contributed by atoms with Gasteiger partial charge in [0.15, 0.2) is 0 Å². The molecule has 100 valence electrons. The van der Waals surface area contributed by atoms with Crippen LogP contribution in [0.5, 0.6) is 0 Å². The van der Waals surface area contributed by atoms with Crippen LogP contribution in [-0.4, -0.2) is 61.5 Å². The average molecular weight is 245 g/mol. The summed E-state index contributed by atoms with van der Waals surface area (Å²) in [5.41, 5.74) is 0. The number of nitrogens with zero attached hydrogens (tertiary/aromatic N) is 1. The van der Waals surface area contributed by atoms with Crippen LogP contribution in [-0.2, 0) is 14.3 Å². The second kappa shape index (κ2) is 7.63. The Hall–Kier alpha value is -0.650. The highest BCUT2D eigenvalue weighted by atomic mass is 16.5. The molecule has 0 spiro atoms. The highest BCUT2D eigenvalue weighted by molar-refractivity contribution is 5.75. The Morgan fingerprint density at radius 2 is 2.41 bits per heavy atom. The first-order valence-electron chi connectivity index (χ1n) is 6.27. The minimum Gasteiger partial charge on any atom is -0.468 e. The van der Waals surface area contributed by atoms with Crippen molar-refractivity contribution in [2.45, 2.75) is 38.3 Å². The van der Waals surface area contributed by atoms with Crippen molar-refractivity contribution in [1.29, 1.82) is 0 Å². The second-order valence-corrected chi connectivity index (χ2v) is 4.35. The summed E-state index contributed by atoms with van der Waals surface area (Å²) in [5.74, 6) is -0.183. The number of aliphatic hydroxyl groups is 1. The van der Waals surface area contributed by atoms with Crippen molar-refractivity contribution in [1.82, 2.24) is 4.90 Å². The molecule has 0 saturated carbocycles. The zero-order valence-electron chi connectivity index (χ0n) is 10.7. The van der Waals surface area contributed by atoms with E-state index in [4.69, 9.17) is 14.6 Å². The Labute approximate surface area is 103 Å². The number of esters is 1. The summed E-state index contributed by atoms with van der Waals surface area (Å²) >= 11 is 0. The summed E-state index contributed by atoms with van der Waals surface area (Å²) < 4.78 is 10.2. The summed E-state index contributed by atoms with van der Waals surface area (Å²) in [7, 11) is 1.42. The van der Waals surface area contributed by atoms with Crippen molar-refractivity contribution in [3.05, 3.63) is 0 Å². The molecule has 5 heteroatoms. The van der Waals surface area contributed by atoms with Gasteiger partial charge in [-0.05, 0) is 6.42 Å². The number of methoxy groups -OCH3 is 1. The van der Waals surface area contributed by atoms with Crippen molar-refractivity contribution in [2.24, 2.45) is 0 Å². The van der Waals surface area contributed by atoms with E-state index in [1.807, 2.05) is 0 Å². The van der Waals surface area contributed by atoms with Crippen LogP contribution in [0.1, 0.15) is 26.2 Å². The van der Waals surface area contributed by atoms with Gasteiger partial charge in [-0.2, -0.15) is 0 Å². The zero-order chi connectivity index (χ0) is 12.7. The van der Waals surface area contributed by atoms with Gasteiger partial charge in [0.1, 0.15) is 6.04 Å². The Balaban J connectivity index is 2.57. The van der Waals surface area contributed by atoms with Gasteiger partial charge in [0, 0.05) is 13.1 Å². The van der Waals surface area contributed by atoms with Crippen molar-refractivity contribution in [3.63, 3.8) is 0 Å². The molecule has 1 heterocycles. The third-order valence-corrected chi connectivity index (χ3v) is 3.12. The van der Waals surface area contributed by atoms with E-state index in [0.717, 1.165) is 25.8 Å². The van der Waals surface area contributed by atoms with Crippen LogP contribution in [0.15, 0.2) is 0 Å². The van der Waals surface area contributed by atoms with Gasteiger partial charge in [0.05, 0.1) is 26.4 Å². The van der Waals surface area contributed by atoms with Gasteiger partial charge < -0.3 is 14.6 Å². The van der Waals surface area contributed by atoms with E-state index < -0.39 is 0 Å². The first-order chi connectivity index (χ1) is 8.22. The molecule has 0 aromatic rings. The Kier molecular flexibility index (Phi) is 6.47. The molecule has 0 aromatic carbocycles. The number of unbranched alkanes of at least 4 members (excludes halogenated alkanes) is 1. The molecule has 0 radical (unpaired) electrons. The molecule has 5 nitrogen and oxygen atoms in total. The lowest BCUT2D eigenvalue weighted by atomic mass is 10.1. The fourth-order valence-electron chi connectivity index (χ4n) is 2.12. The Morgan fingerprint density at radius 3 is 3.00 bits per heavy atom. The van der Waals surface area contributed by atoms with Gasteiger partial charge in [-0.15, -0.1) is 0 Å². The van der Waals surface area contributed by atoms with Gasteiger partial charge in [0.2, 0.25) is 0 Å². The molecular weight excluding hydrogens is 222 g/mol. The van der Waals surface area contributed by atoms with E-state index in [2.05, 4.69) is 11.8 Å². The average Bonchev–Trinajstić information content (AvgIpc) is 2.39. The molecule has 0 amide bonds. The summed E-state index contributed by atoms with van der Waals surface area (Å²) in [6, 6.07) is -0.196. The lowest BCUT2D eigenvalue weighted by molar-refractivity contribution is -0.151. The molecule has 1 saturated heterocycles. The predicted molar refractivity (Wildman–Crippen MR) is 63.7 cm³/mol. The lowest BCUT2D eigenvalue weighted by Gasteiger charge is -2.36. The van der Waals surface area contributed by atoms with Gasteiger partial charge in [0.25, 0.3) is 0 Å². The lowest BCUT2D eigenvalue weighted by Crippen LogP contribution is -2.51. The molecule has 2 unspecified atom stereocenters. The van der Waals surface area contributed by atoms with Crippen LogP contribution >= 0.6 is 0 Å². The number of carbonyl (C=O) groups is 1. The van der Waals surface area contributed by atoms with Gasteiger partial charge in [-0.1, -0.05) is 19.8 Å². The molecule has 1 N–H and O–H groups in total. The molecule has 0 aromatic heterocycles. The summed E-state index contributed by atoms with van der Waals surface area (Å²) in [5, 5.41) is 9.09. The molecule has 0 aliphatic carbocycles. The number of aliphatic hydroxyl groups excluding tert-OH is 1. The Bertz CT molecular complexity index is 235. The van der Waals surface area contributed by atoms with Crippen molar-refractivity contribution >= 4 is 5.97 Å². The smallest absolute Gasteiger partial charge is 0.323 e. The maximum Gasteiger partial charge on any atom is 0.323 e. The Morgan fingerprint density at radius 1 is 1.65 bits per heavy atom. The third-order valence-electron chi connectivity index (χ3n) is 3.12. The van der Waals surface area contributed by atoms with Gasteiger partial charge in [-0.25, -0.2) is 0 Å². The van der Waals surface area contributed by atoms with Crippen molar-refractivity contribution in [2.75, 3.05) is 33.4 Å². The summed E-state index contributed by atoms with van der Waals surface area (Å²) in [6.45, 7) is 3.98. The topological polar surface area (TPSA) is 59.0 Å². The predicted octanol–water partition coefficient (Wildman–Crippen LogP) is 0.411. The van der Waals surface area contributed by atoms with E-state index in [1.54, 1.807) is 0 Å². The quantitative estimate of drug-likeness (QED) is 0.687. The molecule has 1 fully saturated rings. The fraction of sp³-hybridized carbons (Fsp3) is 0.917. The number of hydrogen-bond donors (Lipinski definition) is 1. The second-order valence-electron chi connectivity index (χ2n) is 4.35. The standard InChI is InChI=1S/C12H23NO4/c1-3-4-5-11(12(15)16-2)13-6-7-17-10(8-13)9-14/h10-11,14H,3-9H2,1-2H3. The first-order valence-corrected chi connectivity index (χ1v) is 6.27. The zero-order valence-corrected chi connectivity index (χ0v) is 10.7. The van der Waals surface area contributed by atoms with Crippen molar-refractivity contribution in [3.8, 4) is 0 Å². The van der Waals surface area contributed by atoms with Crippen LogP contribution < -0.4 is 0 Å². The number of rotatable bonds is 6. The monoisotopic (exact) mass is 245 g/mol. The third kappa shape index (κ3) is 4.26. The molecule has 1 aliphatic heterocycles. The minimum atomic E-state index is -0.196. The van der Waals surface area contributed by atoms with Crippen LogP contribution in [0.3, 0.4) is 0 Å². The molecule has 1 aliphatic rings. The molecule has 1 rings (SSSR count).